The van der Waals surface area contributed by atoms with Crippen molar-refractivity contribution in [2.24, 2.45) is 7.05 Å². The first kappa shape index (κ1) is 27.6. The molecule has 5 heterocycles. The van der Waals surface area contributed by atoms with Gasteiger partial charge in [-0.25, -0.2) is 13.5 Å². The lowest BCUT2D eigenvalue weighted by Crippen LogP contribution is -2.43. The SMILES string of the molecule is C#Cc1c(F)ccc2cc(O)cc(-n3c(=O)c4c(N5CCCOCC5)nc(OCC56CCCN5CC(F)C6)nc4n3C)c12. The fourth-order valence-corrected chi connectivity index (χ4v) is 7.06. The maximum atomic E-state index is 14.9. The summed E-state index contributed by atoms with van der Waals surface area (Å²) in [6.45, 7) is 3.62. The molecule has 43 heavy (non-hydrogen) atoms. The smallest absolute Gasteiger partial charge is 0.320 e. The molecule has 10 nitrogen and oxygen atoms in total. The van der Waals surface area contributed by atoms with Gasteiger partial charge in [-0.3, -0.25) is 14.4 Å². The van der Waals surface area contributed by atoms with E-state index < -0.39 is 23.1 Å². The minimum atomic E-state index is -0.898. The molecule has 2 aromatic carbocycles. The zero-order chi connectivity index (χ0) is 29.9. The summed E-state index contributed by atoms with van der Waals surface area (Å²) in [4.78, 5) is 27.9. The van der Waals surface area contributed by atoms with Crippen molar-refractivity contribution in [3.05, 3.63) is 46.0 Å². The largest absolute Gasteiger partial charge is 0.508 e. The molecule has 0 aliphatic carbocycles. The van der Waals surface area contributed by atoms with Crippen LogP contribution in [0.2, 0.25) is 0 Å². The summed E-state index contributed by atoms with van der Waals surface area (Å²) in [5.41, 5.74) is -0.378. The molecular formula is C31H32F2N6O4. The molecule has 2 atom stereocenters. The Labute approximate surface area is 246 Å². The van der Waals surface area contributed by atoms with E-state index in [1.807, 2.05) is 4.90 Å². The van der Waals surface area contributed by atoms with Gasteiger partial charge in [0, 0.05) is 51.2 Å². The predicted molar refractivity (Wildman–Crippen MR) is 157 cm³/mol. The number of terminal acetylenes is 1. The molecule has 3 fully saturated rings. The zero-order valence-corrected chi connectivity index (χ0v) is 23.9. The summed E-state index contributed by atoms with van der Waals surface area (Å²) in [6.07, 6.45) is 7.76. The number of aromatic nitrogens is 4. The summed E-state index contributed by atoms with van der Waals surface area (Å²) in [6, 6.07) is 5.68. The van der Waals surface area contributed by atoms with E-state index in [1.54, 1.807) is 7.05 Å². The number of aryl methyl sites for hydroxylation is 1. The number of rotatable bonds is 5. The van der Waals surface area contributed by atoms with Crippen LogP contribution in [-0.2, 0) is 11.8 Å². The third-order valence-corrected chi connectivity index (χ3v) is 9.02. The Morgan fingerprint density at radius 2 is 2.05 bits per heavy atom. The summed E-state index contributed by atoms with van der Waals surface area (Å²) >= 11 is 0. The molecule has 0 spiro atoms. The lowest BCUT2D eigenvalue weighted by Gasteiger charge is -2.31. The second kappa shape index (κ2) is 10.5. The summed E-state index contributed by atoms with van der Waals surface area (Å²) in [7, 11) is 1.66. The molecule has 3 aliphatic heterocycles. The molecule has 7 rings (SSSR count). The standard InChI is InChI=1S/C31H32F2N6O4/c1-3-22-23(33)7-6-19-14-21(40)15-24(25(19)22)39-29(41)26-27(36(39)2)34-30(35-28(26)37-9-5-12-42-13-11-37)43-18-31-8-4-10-38(31)17-20(32)16-31/h1,6-7,14-15,20,40H,4-5,8-13,16-18H2,2H3. The molecule has 1 N–H and O–H groups in total. The van der Waals surface area contributed by atoms with E-state index in [9.17, 15) is 18.7 Å². The maximum Gasteiger partial charge on any atom is 0.320 e. The number of alkyl halides is 1. The number of phenolic OH excluding ortho intramolecular Hbond substituents is 1. The number of hydrogen-bond acceptors (Lipinski definition) is 8. The minimum absolute atomic E-state index is 0.0206. The summed E-state index contributed by atoms with van der Waals surface area (Å²) in [5, 5.41) is 11.6. The van der Waals surface area contributed by atoms with Crippen LogP contribution in [0.1, 0.15) is 31.2 Å². The first-order valence-corrected chi connectivity index (χ1v) is 14.6. The molecule has 0 amide bonds. The van der Waals surface area contributed by atoms with E-state index in [0.29, 0.717) is 61.5 Å². The van der Waals surface area contributed by atoms with Crippen LogP contribution in [0.3, 0.4) is 0 Å². The van der Waals surface area contributed by atoms with Gasteiger partial charge in [0.1, 0.15) is 29.7 Å². The van der Waals surface area contributed by atoms with Crippen LogP contribution in [0.25, 0.3) is 27.5 Å². The minimum Gasteiger partial charge on any atom is -0.508 e. The van der Waals surface area contributed by atoms with Crippen molar-refractivity contribution in [1.29, 1.82) is 0 Å². The quantitative estimate of drug-likeness (QED) is 0.354. The van der Waals surface area contributed by atoms with Crippen LogP contribution in [-0.4, -0.2) is 87.0 Å². The normalized spacial score (nSPS) is 22.7. The van der Waals surface area contributed by atoms with Gasteiger partial charge in [0.2, 0.25) is 0 Å². The van der Waals surface area contributed by atoms with E-state index in [4.69, 9.17) is 20.9 Å². The van der Waals surface area contributed by atoms with Crippen molar-refractivity contribution >= 4 is 27.6 Å². The number of halogens is 2. The number of ether oxygens (including phenoxy) is 2. The van der Waals surface area contributed by atoms with Gasteiger partial charge in [0.05, 0.1) is 23.4 Å². The van der Waals surface area contributed by atoms with Crippen LogP contribution in [0.15, 0.2) is 29.1 Å². The maximum absolute atomic E-state index is 14.9. The van der Waals surface area contributed by atoms with E-state index in [0.717, 1.165) is 25.8 Å². The van der Waals surface area contributed by atoms with Gasteiger partial charge in [0.25, 0.3) is 5.56 Å². The Morgan fingerprint density at radius 1 is 1.19 bits per heavy atom. The Kier molecular flexibility index (Phi) is 6.74. The van der Waals surface area contributed by atoms with Crippen molar-refractivity contribution in [2.45, 2.75) is 37.4 Å². The van der Waals surface area contributed by atoms with Gasteiger partial charge in [-0.1, -0.05) is 12.0 Å². The lowest BCUT2D eigenvalue weighted by atomic mass is 9.95. The van der Waals surface area contributed by atoms with Crippen molar-refractivity contribution in [3.63, 3.8) is 0 Å². The molecule has 0 saturated carbocycles. The number of phenols is 1. The Balaban J connectivity index is 1.42. The van der Waals surface area contributed by atoms with Crippen molar-refractivity contribution in [3.8, 4) is 29.8 Å². The number of benzene rings is 2. The highest BCUT2D eigenvalue weighted by molar-refractivity contribution is 5.97. The highest BCUT2D eigenvalue weighted by Gasteiger charge is 2.49. The third-order valence-electron chi connectivity index (χ3n) is 9.02. The van der Waals surface area contributed by atoms with E-state index >= 15 is 0 Å². The summed E-state index contributed by atoms with van der Waals surface area (Å²) < 4.78 is 44.0. The summed E-state index contributed by atoms with van der Waals surface area (Å²) in [5.74, 6) is 2.07. The first-order valence-electron chi connectivity index (χ1n) is 14.6. The molecule has 4 aromatic rings. The second-order valence-electron chi connectivity index (χ2n) is 11.6. The lowest BCUT2D eigenvalue weighted by molar-refractivity contribution is 0.107. The topological polar surface area (TPSA) is 97.9 Å². The van der Waals surface area contributed by atoms with Gasteiger partial charge in [0.15, 0.2) is 11.5 Å². The number of nitrogens with zero attached hydrogens (tertiary/aromatic N) is 6. The van der Waals surface area contributed by atoms with E-state index in [2.05, 4.69) is 15.8 Å². The molecule has 12 heteroatoms. The molecule has 3 saturated heterocycles. The Morgan fingerprint density at radius 3 is 2.88 bits per heavy atom. The van der Waals surface area contributed by atoms with Crippen LogP contribution < -0.4 is 15.2 Å². The van der Waals surface area contributed by atoms with Crippen molar-refractivity contribution in [2.75, 3.05) is 50.9 Å². The van der Waals surface area contributed by atoms with Crippen molar-refractivity contribution in [1.82, 2.24) is 24.2 Å². The van der Waals surface area contributed by atoms with Gasteiger partial charge in [-0.15, -0.1) is 6.42 Å². The highest BCUT2D eigenvalue weighted by atomic mass is 19.1. The van der Waals surface area contributed by atoms with Crippen LogP contribution in [0.4, 0.5) is 14.6 Å². The predicted octanol–water partition coefficient (Wildman–Crippen LogP) is 3.28. The fourth-order valence-electron chi connectivity index (χ4n) is 7.06. The highest BCUT2D eigenvalue weighted by Crippen LogP contribution is 2.40. The average Bonchev–Trinajstić information content (AvgIpc) is 3.48. The van der Waals surface area contributed by atoms with E-state index in [-0.39, 0.29) is 35.0 Å². The van der Waals surface area contributed by atoms with Gasteiger partial charge in [-0.2, -0.15) is 9.97 Å². The number of aromatic hydroxyl groups is 1. The number of fused-ring (bicyclic) bond motifs is 3. The molecule has 2 aromatic heterocycles. The number of hydrogen-bond donors (Lipinski definition) is 1. The molecule has 224 valence electrons. The number of anilines is 1. The fraction of sp³-hybridized carbons (Fsp3) is 0.452. The van der Waals surface area contributed by atoms with Crippen LogP contribution >= 0.6 is 0 Å². The van der Waals surface area contributed by atoms with Crippen LogP contribution in [0, 0.1) is 18.2 Å². The third kappa shape index (κ3) is 4.49. The van der Waals surface area contributed by atoms with E-state index in [1.165, 1.54) is 33.6 Å². The van der Waals surface area contributed by atoms with Gasteiger partial charge < -0.3 is 19.5 Å². The Hall–Kier alpha value is -4.21. The Bertz CT molecular complexity index is 1840. The van der Waals surface area contributed by atoms with Gasteiger partial charge >= 0.3 is 6.01 Å². The molecule has 0 radical (unpaired) electrons. The van der Waals surface area contributed by atoms with Crippen LogP contribution in [0.5, 0.6) is 11.8 Å². The molecular weight excluding hydrogens is 558 g/mol. The first-order chi connectivity index (χ1) is 20.8. The average molecular weight is 591 g/mol. The monoisotopic (exact) mass is 590 g/mol. The molecule has 2 unspecified atom stereocenters. The molecule has 3 aliphatic rings. The second-order valence-corrected chi connectivity index (χ2v) is 11.6. The van der Waals surface area contributed by atoms with Crippen molar-refractivity contribution < 1.29 is 23.4 Å². The molecule has 0 bridgehead atoms. The van der Waals surface area contributed by atoms with Gasteiger partial charge in [-0.05, 0) is 43.3 Å². The zero-order valence-electron chi connectivity index (χ0n) is 23.9.